The molecular formula is C22H28N8O3S. The maximum atomic E-state index is 12.9. The molecule has 5 rings (SSSR count). The predicted molar refractivity (Wildman–Crippen MR) is 126 cm³/mol. The molecule has 12 heteroatoms. The Bertz CT molecular complexity index is 1240. The van der Waals surface area contributed by atoms with Crippen molar-refractivity contribution in [3.8, 4) is 0 Å². The van der Waals surface area contributed by atoms with Gasteiger partial charge in [-0.3, -0.25) is 4.79 Å². The Kier molecular flexibility index (Phi) is 6.42. The van der Waals surface area contributed by atoms with Gasteiger partial charge in [0.15, 0.2) is 11.5 Å². The molecule has 2 aliphatic heterocycles. The molecule has 180 valence electrons. The molecule has 0 unspecified atom stereocenters. The molecule has 4 heterocycles. The normalized spacial score (nSPS) is 18.6. The summed E-state index contributed by atoms with van der Waals surface area (Å²) in [5, 5.41) is 18.6. The van der Waals surface area contributed by atoms with Crippen LogP contribution >= 0.6 is 0 Å². The van der Waals surface area contributed by atoms with Crippen molar-refractivity contribution in [2.45, 2.75) is 43.4 Å². The van der Waals surface area contributed by atoms with Crippen LogP contribution in [-0.2, 0) is 14.8 Å². The second-order valence-corrected chi connectivity index (χ2v) is 10.7. The number of piperidine rings is 1. The fraction of sp³-hybridized carbons (Fsp3) is 0.500. The number of anilines is 2. The Labute approximate surface area is 198 Å². The molecule has 2 aliphatic rings. The van der Waals surface area contributed by atoms with Crippen LogP contribution in [-0.4, -0.2) is 70.1 Å². The number of carbonyl (C=O) groups is 1. The molecule has 2 aromatic heterocycles. The number of fused-ring (bicyclic) bond motifs is 1. The molecule has 0 spiro atoms. The van der Waals surface area contributed by atoms with Gasteiger partial charge in [-0.2, -0.15) is 4.31 Å². The van der Waals surface area contributed by atoms with Crippen molar-refractivity contribution in [1.82, 2.24) is 29.6 Å². The van der Waals surface area contributed by atoms with Crippen LogP contribution < -0.4 is 10.2 Å². The fourth-order valence-corrected chi connectivity index (χ4v) is 6.08. The molecule has 34 heavy (non-hydrogen) atoms. The van der Waals surface area contributed by atoms with Crippen LogP contribution in [0.5, 0.6) is 0 Å². The van der Waals surface area contributed by atoms with Crippen molar-refractivity contribution in [2.75, 3.05) is 36.4 Å². The van der Waals surface area contributed by atoms with Gasteiger partial charge in [-0.25, -0.2) is 8.42 Å². The standard InChI is InChI=1S/C22H28N8O3S/c31-22(17-11-15-28(16-12-17)21-10-9-20-24-26-27-30(20)25-21)23-18-5-7-19(8-6-18)34(32,33)29-13-3-1-2-4-14-29/h5-10,17H,1-4,11-16H2,(H,23,31). The third-order valence-electron chi connectivity index (χ3n) is 6.57. The van der Waals surface area contributed by atoms with Gasteiger partial charge >= 0.3 is 0 Å². The van der Waals surface area contributed by atoms with Crippen LogP contribution in [0.3, 0.4) is 0 Å². The number of aromatic nitrogens is 5. The topological polar surface area (TPSA) is 126 Å². The number of amides is 1. The summed E-state index contributed by atoms with van der Waals surface area (Å²) in [6.07, 6.45) is 5.33. The van der Waals surface area contributed by atoms with Crippen LogP contribution in [0.4, 0.5) is 11.5 Å². The second kappa shape index (κ2) is 9.63. The zero-order chi connectivity index (χ0) is 23.5. The first-order valence-electron chi connectivity index (χ1n) is 11.7. The van der Waals surface area contributed by atoms with E-state index in [4.69, 9.17) is 0 Å². The van der Waals surface area contributed by atoms with Crippen molar-refractivity contribution in [3.05, 3.63) is 36.4 Å². The smallest absolute Gasteiger partial charge is 0.243 e. The van der Waals surface area contributed by atoms with Gasteiger partial charge in [0.1, 0.15) is 0 Å². The number of benzene rings is 1. The van der Waals surface area contributed by atoms with Gasteiger partial charge in [0.05, 0.1) is 4.90 Å². The number of carbonyl (C=O) groups excluding carboxylic acids is 1. The van der Waals surface area contributed by atoms with E-state index >= 15 is 0 Å². The van der Waals surface area contributed by atoms with E-state index in [2.05, 4.69) is 30.8 Å². The summed E-state index contributed by atoms with van der Waals surface area (Å²) in [7, 11) is -3.50. The molecule has 3 aromatic rings. The number of hydrogen-bond acceptors (Lipinski definition) is 8. The van der Waals surface area contributed by atoms with Crippen molar-refractivity contribution < 1.29 is 13.2 Å². The lowest BCUT2D eigenvalue weighted by atomic mass is 9.96. The van der Waals surface area contributed by atoms with E-state index in [9.17, 15) is 13.2 Å². The molecule has 2 saturated heterocycles. The molecule has 2 fully saturated rings. The third kappa shape index (κ3) is 4.73. The van der Waals surface area contributed by atoms with Crippen molar-refractivity contribution >= 4 is 33.1 Å². The maximum absolute atomic E-state index is 12.9. The maximum Gasteiger partial charge on any atom is 0.243 e. The highest BCUT2D eigenvalue weighted by atomic mass is 32.2. The van der Waals surface area contributed by atoms with E-state index < -0.39 is 10.0 Å². The average Bonchev–Trinajstić information content (AvgIpc) is 3.15. The Morgan fingerprint density at radius 3 is 2.32 bits per heavy atom. The quantitative estimate of drug-likeness (QED) is 0.582. The van der Waals surface area contributed by atoms with Crippen LogP contribution in [0.2, 0.25) is 0 Å². The fourth-order valence-electron chi connectivity index (χ4n) is 4.57. The number of nitrogens with zero attached hydrogens (tertiary/aromatic N) is 7. The molecule has 1 aromatic carbocycles. The number of nitrogens with one attached hydrogen (secondary N) is 1. The van der Waals surface area contributed by atoms with Gasteiger partial charge in [-0.1, -0.05) is 12.8 Å². The van der Waals surface area contributed by atoms with E-state index in [1.165, 1.54) is 4.63 Å². The van der Waals surface area contributed by atoms with E-state index in [1.54, 1.807) is 28.6 Å². The van der Waals surface area contributed by atoms with Crippen LogP contribution in [0.25, 0.3) is 5.65 Å². The summed E-state index contributed by atoms with van der Waals surface area (Å²) in [5.41, 5.74) is 1.19. The number of sulfonamides is 1. The highest BCUT2D eigenvalue weighted by Crippen LogP contribution is 2.25. The van der Waals surface area contributed by atoms with E-state index in [-0.39, 0.29) is 16.7 Å². The van der Waals surface area contributed by atoms with Gasteiger partial charge in [-0.05, 0) is 72.5 Å². The lowest BCUT2D eigenvalue weighted by molar-refractivity contribution is -0.120. The summed E-state index contributed by atoms with van der Waals surface area (Å²) in [6, 6.07) is 10.2. The summed E-state index contributed by atoms with van der Waals surface area (Å²) in [5.74, 6) is 0.611. The number of rotatable bonds is 5. The largest absolute Gasteiger partial charge is 0.355 e. The highest BCUT2D eigenvalue weighted by Gasteiger charge is 2.27. The monoisotopic (exact) mass is 484 g/mol. The first kappa shape index (κ1) is 22.7. The Hall–Kier alpha value is -3.12. The molecule has 0 atom stereocenters. The zero-order valence-electron chi connectivity index (χ0n) is 18.9. The predicted octanol–water partition coefficient (Wildman–Crippen LogP) is 1.94. The van der Waals surface area contributed by atoms with E-state index in [1.807, 2.05) is 12.1 Å². The van der Waals surface area contributed by atoms with Crippen molar-refractivity contribution in [1.29, 1.82) is 0 Å². The van der Waals surface area contributed by atoms with Crippen LogP contribution in [0, 0.1) is 5.92 Å². The Morgan fingerprint density at radius 2 is 1.62 bits per heavy atom. The van der Waals surface area contributed by atoms with E-state index in [0.29, 0.717) is 50.4 Å². The molecule has 0 radical (unpaired) electrons. The number of tetrazole rings is 1. The molecule has 0 bridgehead atoms. The van der Waals surface area contributed by atoms with Crippen molar-refractivity contribution in [2.24, 2.45) is 5.92 Å². The van der Waals surface area contributed by atoms with Crippen molar-refractivity contribution in [3.63, 3.8) is 0 Å². The zero-order valence-corrected chi connectivity index (χ0v) is 19.7. The third-order valence-corrected chi connectivity index (χ3v) is 8.48. The summed E-state index contributed by atoms with van der Waals surface area (Å²) in [6.45, 7) is 2.54. The van der Waals surface area contributed by atoms with Gasteiger partial charge in [0.25, 0.3) is 0 Å². The Balaban J connectivity index is 1.17. The minimum atomic E-state index is -3.50. The summed E-state index contributed by atoms with van der Waals surface area (Å²) < 4.78 is 28.9. The molecule has 1 amide bonds. The van der Waals surface area contributed by atoms with Gasteiger partial charge in [0.2, 0.25) is 15.9 Å². The molecule has 1 N–H and O–H groups in total. The highest BCUT2D eigenvalue weighted by molar-refractivity contribution is 7.89. The Morgan fingerprint density at radius 1 is 0.912 bits per heavy atom. The minimum Gasteiger partial charge on any atom is -0.355 e. The lowest BCUT2D eigenvalue weighted by Gasteiger charge is -2.31. The minimum absolute atomic E-state index is 0.0494. The first-order chi connectivity index (χ1) is 16.5. The SMILES string of the molecule is O=C(Nc1ccc(S(=O)(=O)N2CCCCCC2)cc1)C1CCN(c2ccc3nnnn3n2)CC1. The van der Waals surface area contributed by atoms with Crippen LogP contribution in [0.15, 0.2) is 41.3 Å². The molecule has 0 aliphatic carbocycles. The second-order valence-electron chi connectivity index (χ2n) is 8.81. The lowest BCUT2D eigenvalue weighted by Crippen LogP contribution is -2.38. The average molecular weight is 485 g/mol. The molecule has 11 nitrogen and oxygen atoms in total. The van der Waals surface area contributed by atoms with Gasteiger partial charge in [-0.15, -0.1) is 14.8 Å². The number of hydrogen-bond donors (Lipinski definition) is 1. The van der Waals surface area contributed by atoms with Gasteiger partial charge in [0, 0.05) is 37.8 Å². The summed E-state index contributed by atoms with van der Waals surface area (Å²) in [4.78, 5) is 15.2. The van der Waals surface area contributed by atoms with Crippen LogP contribution in [0.1, 0.15) is 38.5 Å². The molecule has 0 saturated carbocycles. The summed E-state index contributed by atoms with van der Waals surface area (Å²) >= 11 is 0. The van der Waals surface area contributed by atoms with E-state index in [0.717, 1.165) is 31.5 Å². The molecular weight excluding hydrogens is 456 g/mol. The first-order valence-corrected chi connectivity index (χ1v) is 13.2. The van der Waals surface area contributed by atoms with Gasteiger partial charge < -0.3 is 10.2 Å².